The van der Waals surface area contributed by atoms with E-state index < -0.39 is 29.8 Å². The van der Waals surface area contributed by atoms with Gasteiger partial charge < -0.3 is 14.4 Å². The fourth-order valence-corrected chi connectivity index (χ4v) is 5.29. The first-order valence-corrected chi connectivity index (χ1v) is 11.8. The van der Waals surface area contributed by atoms with Crippen molar-refractivity contribution in [1.29, 1.82) is 0 Å². The van der Waals surface area contributed by atoms with Crippen molar-refractivity contribution >= 4 is 34.2 Å². The number of piperidine rings is 1. The Bertz CT molecular complexity index is 1360. The van der Waals surface area contributed by atoms with Crippen LogP contribution in [0.3, 0.4) is 0 Å². The Morgan fingerprint density at radius 2 is 1.81 bits per heavy atom. The summed E-state index contributed by atoms with van der Waals surface area (Å²) in [6.45, 7) is 2.64. The molecule has 2 atom stereocenters. The van der Waals surface area contributed by atoms with Crippen molar-refractivity contribution in [3.05, 3.63) is 40.7 Å². The number of anilines is 1. The molecule has 0 aliphatic carbocycles. The molecule has 1 amide bonds. The number of carbonyl (C=O) groups is 1. The van der Waals surface area contributed by atoms with Gasteiger partial charge in [-0.2, -0.15) is 26.3 Å². The van der Waals surface area contributed by atoms with Crippen molar-refractivity contribution in [2.75, 3.05) is 24.5 Å². The smallest absolute Gasteiger partial charge is 0.369 e. The largest absolute Gasteiger partial charge is 0.451 e. The van der Waals surface area contributed by atoms with Crippen LogP contribution in [0.15, 0.2) is 18.3 Å². The molecule has 1 fully saturated rings. The third kappa shape index (κ3) is 4.66. The van der Waals surface area contributed by atoms with Gasteiger partial charge in [0.1, 0.15) is 5.69 Å². The highest BCUT2D eigenvalue weighted by Gasteiger charge is 2.41. The molecule has 2 aliphatic rings. The van der Waals surface area contributed by atoms with Gasteiger partial charge in [0, 0.05) is 37.5 Å². The van der Waals surface area contributed by atoms with E-state index in [4.69, 9.17) is 11.6 Å². The second-order valence-electron chi connectivity index (χ2n) is 9.19. The lowest BCUT2D eigenvalue weighted by atomic mass is 9.85. The minimum atomic E-state index is -4.62. The molecule has 0 spiro atoms. The molecule has 37 heavy (non-hydrogen) atoms. The third-order valence-electron chi connectivity index (χ3n) is 6.80. The number of aromatic nitrogens is 5. The lowest BCUT2D eigenvalue weighted by molar-refractivity contribution is -0.148. The fourth-order valence-electron chi connectivity index (χ4n) is 5.02. The van der Waals surface area contributed by atoms with E-state index in [1.807, 2.05) is 11.8 Å². The van der Waals surface area contributed by atoms with Gasteiger partial charge in [-0.25, -0.2) is 9.97 Å². The van der Waals surface area contributed by atoms with E-state index in [1.165, 1.54) is 17.2 Å². The molecule has 3 aromatic heterocycles. The summed E-state index contributed by atoms with van der Waals surface area (Å²) in [5, 5.41) is 7.49. The van der Waals surface area contributed by atoms with Gasteiger partial charge in [-0.3, -0.25) is 4.79 Å². The van der Waals surface area contributed by atoms with E-state index in [0.717, 1.165) is 10.6 Å². The molecule has 0 aromatic carbocycles. The molecule has 198 valence electrons. The van der Waals surface area contributed by atoms with E-state index in [2.05, 4.69) is 20.2 Å². The van der Waals surface area contributed by atoms with Gasteiger partial charge in [0.05, 0.1) is 23.5 Å². The number of pyridine rings is 2. The van der Waals surface area contributed by atoms with E-state index >= 15 is 0 Å². The second kappa shape index (κ2) is 8.99. The number of fused-ring (bicyclic) bond motifs is 2. The molecule has 0 saturated carbocycles. The van der Waals surface area contributed by atoms with Crippen LogP contribution in [-0.4, -0.2) is 55.2 Å². The highest BCUT2D eigenvalue weighted by Crippen LogP contribution is 2.38. The van der Waals surface area contributed by atoms with Crippen LogP contribution in [0.25, 0.3) is 11.0 Å². The highest BCUT2D eigenvalue weighted by atomic mass is 35.5. The zero-order valence-electron chi connectivity index (χ0n) is 19.3. The lowest BCUT2D eigenvalue weighted by Gasteiger charge is -2.40. The van der Waals surface area contributed by atoms with Crippen LogP contribution in [0.1, 0.15) is 30.7 Å². The molecule has 0 unspecified atom stereocenters. The van der Waals surface area contributed by atoms with Crippen LogP contribution in [0.4, 0.5) is 32.0 Å². The summed E-state index contributed by atoms with van der Waals surface area (Å²) < 4.78 is 79.6. The Morgan fingerprint density at radius 1 is 1.05 bits per heavy atom. The topological polar surface area (TPSA) is 80.0 Å². The normalized spacial score (nSPS) is 20.9. The number of halogens is 7. The minimum absolute atomic E-state index is 0.0539. The maximum atomic E-state index is 13.3. The minimum Gasteiger partial charge on any atom is -0.369 e. The first kappa shape index (κ1) is 25.5. The number of rotatable bonds is 2. The monoisotopic (exact) mass is 547 g/mol. The Balaban J connectivity index is 1.32. The summed E-state index contributed by atoms with van der Waals surface area (Å²) in [5.74, 6) is -1.74. The van der Waals surface area contributed by atoms with E-state index in [1.54, 1.807) is 0 Å². The van der Waals surface area contributed by atoms with Crippen LogP contribution in [0, 0.1) is 11.8 Å². The zero-order chi connectivity index (χ0) is 26.7. The Labute approximate surface area is 211 Å². The predicted molar refractivity (Wildman–Crippen MR) is 119 cm³/mol. The van der Waals surface area contributed by atoms with Crippen molar-refractivity contribution in [3.8, 4) is 0 Å². The summed E-state index contributed by atoms with van der Waals surface area (Å²) in [7, 11) is 0. The number of carbonyl (C=O) groups excluding carboxylic acids is 1. The Kier molecular flexibility index (Phi) is 6.20. The Morgan fingerprint density at radius 3 is 2.49 bits per heavy atom. The number of nitrogens with zero attached hydrogens (tertiary/aromatic N) is 7. The van der Waals surface area contributed by atoms with Crippen LogP contribution in [0.2, 0.25) is 5.02 Å². The molecular formula is C22H20ClF6N7O. The van der Waals surface area contributed by atoms with E-state index in [-0.39, 0.29) is 48.0 Å². The molecular weight excluding hydrogens is 528 g/mol. The molecule has 0 radical (unpaired) electrons. The number of hydrogen-bond donors (Lipinski definition) is 0. The summed E-state index contributed by atoms with van der Waals surface area (Å²) in [6.07, 6.45) is -7.56. The lowest BCUT2D eigenvalue weighted by Crippen LogP contribution is -2.49. The van der Waals surface area contributed by atoms with E-state index in [0.29, 0.717) is 30.6 Å². The van der Waals surface area contributed by atoms with Crippen LogP contribution < -0.4 is 4.90 Å². The van der Waals surface area contributed by atoms with E-state index in [9.17, 15) is 31.1 Å². The number of hydrogen-bond acceptors (Lipinski definition) is 6. The van der Waals surface area contributed by atoms with Gasteiger partial charge in [-0.15, -0.1) is 10.2 Å². The average molecular weight is 548 g/mol. The van der Waals surface area contributed by atoms with Crippen molar-refractivity contribution in [3.63, 3.8) is 0 Å². The molecule has 8 nitrogen and oxygen atoms in total. The predicted octanol–water partition coefficient (Wildman–Crippen LogP) is 4.42. The van der Waals surface area contributed by atoms with Gasteiger partial charge in [0.15, 0.2) is 11.5 Å². The van der Waals surface area contributed by atoms with Crippen molar-refractivity contribution in [2.24, 2.45) is 11.8 Å². The molecule has 5 rings (SSSR count). The van der Waals surface area contributed by atoms with Gasteiger partial charge in [-0.1, -0.05) is 18.5 Å². The van der Waals surface area contributed by atoms with Gasteiger partial charge in [-0.05, 0) is 24.5 Å². The Hall–Kier alpha value is -3.16. The maximum absolute atomic E-state index is 13.3. The molecule has 3 aromatic rings. The SMILES string of the molecule is C[C@@H]1CN(c2c(Cl)cnc3nc(C(F)(F)F)ccc23)CC[C@@H]1C(=O)N1CCn2c(nnc2C(F)(F)F)C1. The van der Waals surface area contributed by atoms with Crippen LogP contribution >= 0.6 is 11.6 Å². The summed E-state index contributed by atoms with van der Waals surface area (Å²) in [6, 6.07) is 2.17. The van der Waals surface area contributed by atoms with Crippen LogP contribution in [-0.2, 0) is 30.2 Å². The quantitative estimate of drug-likeness (QED) is 0.442. The first-order chi connectivity index (χ1) is 17.3. The standard InChI is InChI=1S/C22H20ClF6N7O/c1-11-9-34(17-13-2-3-15(21(24,25)26)31-18(13)30-8-14(17)23)5-4-12(11)19(37)35-6-7-36-16(10-35)32-33-20(36)22(27,28)29/h2-3,8,11-12H,4-7,9-10H2,1H3/t11-,12+/m1/s1. The molecule has 0 N–H and O–H groups in total. The highest BCUT2D eigenvalue weighted by molar-refractivity contribution is 6.34. The summed E-state index contributed by atoms with van der Waals surface area (Å²) in [4.78, 5) is 24.3. The second-order valence-corrected chi connectivity index (χ2v) is 9.59. The third-order valence-corrected chi connectivity index (χ3v) is 7.08. The van der Waals surface area contributed by atoms with Gasteiger partial charge in [0.2, 0.25) is 11.7 Å². The summed E-state index contributed by atoms with van der Waals surface area (Å²) >= 11 is 6.39. The average Bonchev–Trinajstić information content (AvgIpc) is 3.26. The van der Waals surface area contributed by atoms with Crippen molar-refractivity contribution in [1.82, 2.24) is 29.6 Å². The fraction of sp³-hybridized carbons (Fsp3) is 0.500. The number of alkyl halides is 6. The first-order valence-electron chi connectivity index (χ1n) is 11.4. The molecule has 2 aliphatic heterocycles. The van der Waals surface area contributed by atoms with Crippen molar-refractivity contribution < 1.29 is 31.1 Å². The van der Waals surface area contributed by atoms with Crippen LogP contribution in [0.5, 0.6) is 0 Å². The maximum Gasteiger partial charge on any atom is 0.451 e. The molecule has 1 saturated heterocycles. The molecule has 15 heteroatoms. The molecule has 5 heterocycles. The van der Waals surface area contributed by atoms with Gasteiger partial charge in [0.25, 0.3) is 0 Å². The van der Waals surface area contributed by atoms with Crippen molar-refractivity contribution in [2.45, 2.75) is 38.8 Å². The summed E-state index contributed by atoms with van der Waals surface area (Å²) in [5.41, 5.74) is -0.648. The number of amides is 1. The van der Waals surface area contributed by atoms with Gasteiger partial charge >= 0.3 is 12.4 Å². The molecule has 0 bridgehead atoms. The zero-order valence-corrected chi connectivity index (χ0v) is 20.1.